The Morgan fingerprint density at radius 2 is 1.95 bits per heavy atom. The van der Waals surface area contributed by atoms with Gasteiger partial charge in [-0.15, -0.1) is 0 Å². The van der Waals surface area contributed by atoms with Crippen LogP contribution in [0.1, 0.15) is 39.0 Å². The summed E-state index contributed by atoms with van der Waals surface area (Å²) >= 11 is 0. The number of nitrogens with one attached hydrogen (secondary N) is 1. The minimum Gasteiger partial charge on any atom is -0.396 e. The molecular weight excluding hydrogens is 254 g/mol. The van der Waals surface area contributed by atoms with Crippen molar-refractivity contribution < 1.29 is 14.6 Å². The van der Waals surface area contributed by atoms with Crippen LogP contribution in [0.4, 0.5) is 0 Å². The van der Waals surface area contributed by atoms with Crippen LogP contribution in [0.3, 0.4) is 0 Å². The number of aliphatic hydroxyl groups excluding tert-OH is 1. The van der Waals surface area contributed by atoms with Crippen LogP contribution >= 0.6 is 0 Å². The van der Waals surface area contributed by atoms with E-state index in [0.717, 1.165) is 26.1 Å². The van der Waals surface area contributed by atoms with Gasteiger partial charge in [0.25, 0.3) is 0 Å². The standard InChI is InChI=1S/C16H27NO3/c1-10(11-4-6-20-7-5-11)16(19)17-15-13-3-2-12(8-13)14(15)9-18/h10-15,18H,2-9H2,1H3,(H,17,19). The summed E-state index contributed by atoms with van der Waals surface area (Å²) in [5.41, 5.74) is 0. The second kappa shape index (κ2) is 6.02. The molecule has 5 atom stereocenters. The van der Waals surface area contributed by atoms with E-state index in [-0.39, 0.29) is 24.5 Å². The maximum absolute atomic E-state index is 12.5. The molecule has 3 rings (SSSR count). The molecule has 3 fully saturated rings. The van der Waals surface area contributed by atoms with Gasteiger partial charge in [-0.25, -0.2) is 0 Å². The van der Waals surface area contributed by atoms with Gasteiger partial charge in [0.05, 0.1) is 0 Å². The van der Waals surface area contributed by atoms with Gasteiger partial charge in [0, 0.05) is 37.7 Å². The van der Waals surface area contributed by atoms with E-state index in [4.69, 9.17) is 4.74 Å². The summed E-state index contributed by atoms with van der Waals surface area (Å²) in [6, 6.07) is 0.216. The smallest absolute Gasteiger partial charge is 0.223 e. The van der Waals surface area contributed by atoms with Gasteiger partial charge in [-0.2, -0.15) is 0 Å². The summed E-state index contributed by atoms with van der Waals surface area (Å²) in [6.45, 7) is 3.84. The van der Waals surface area contributed by atoms with E-state index in [1.807, 2.05) is 6.92 Å². The van der Waals surface area contributed by atoms with Gasteiger partial charge < -0.3 is 15.2 Å². The second-order valence-electron chi connectivity index (χ2n) is 6.95. The Balaban J connectivity index is 1.57. The summed E-state index contributed by atoms with van der Waals surface area (Å²) in [5, 5.41) is 12.9. The molecule has 20 heavy (non-hydrogen) atoms. The van der Waals surface area contributed by atoms with Crippen molar-refractivity contribution in [3.05, 3.63) is 0 Å². The van der Waals surface area contributed by atoms with E-state index in [0.29, 0.717) is 23.7 Å². The third-order valence-electron chi connectivity index (χ3n) is 5.99. The number of rotatable bonds is 4. The lowest BCUT2D eigenvalue weighted by atomic mass is 9.83. The maximum Gasteiger partial charge on any atom is 0.223 e. The zero-order valence-electron chi connectivity index (χ0n) is 12.4. The number of amides is 1. The first-order chi connectivity index (χ1) is 9.70. The van der Waals surface area contributed by atoms with Gasteiger partial charge in [-0.05, 0) is 49.9 Å². The van der Waals surface area contributed by atoms with Crippen molar-refractivity contribution in [2.45, 2.75) is 45.1 Å². The van der Waals surface area contributed by atoms with Crippen molar-refractivity contribution in [2.75, 3.05) is 19.8 Å². The molecule has 3 aliphatic rings. The van der Waals surface area contributed by atoms with E-state index >= 15 is 0 Å². The highest BCUT2D eigenvalue weighted by atomic mass is 16.5. The topological polar surface area (TPSA) is 58.6 Å². The Morgan fingerprint density at radius 3 is 2.65 bits per heavy atom. The van der Waals surface area contributed by atoms with Crippen molar-refractivity contribution in [2.24, 2.45) is 29.6 Å². The molecular formula is C16H27NO3. The van der Waals surface area contributed by atoms with Crippen molar-refractivity contribution in [3.63, 3.8) is 0 Å². The van der Waals surface area contributed by atoms with E-state index < -0.39 is 0 Å². The molecule has 2 saturated carbocycles. The fraction of sp³-hybridized carbons (Fsp3) is 0.938. The molecule has 0 spiro atoms. The molecule has 2 bridgehead atoms. The van der Waals surface area contributed by atoms with Crippen molar-refractivity contribution in [3.8, 4) is 0 Å². The first-order valence-corrected chi connectivity index (χ1v) is 8.19. The minimum atomic E-state index is 0.0670. The lowest BCUT2D eigenvalue weighted by Gasteiger charge is -2.33. The van der Waals surface area contributed by atoms with Gasteiger partial charge in [-0.3, -0.25) is 4.79 Å². The number of hydrogen-bond acceptors (Lipinski definition) is 3. The first-order valence-electron chi connectivity index (χ1n) is 8.19. The Kier molecular flexibility index (Phi) is 4.32. The third-order valence-corrected chi connectivity index (χ3v) is 5.99. The fourth-order valence-corrected chi connectivity index (χ4v) is 4.62. The van der Waals surface area contributed by atoms with Crippen LogP contribution in [0.25, 0.3) is 0 Å². The molecule has 2 aliphatic carbocycles. The Labute approximate surface area is 121 Å². The van der Waals surface area contributed by atoms with Crippen LogP contribution in [0.5, 0.6) is 0 Å². The van der Waals surface area contributed by atoms with E-state index in [1.165, 1.54) is 19.3 Å². The summed E-state index contributed by atoms with van der Waals surface area (Å²) in [6.07, 6.45) is 5.64. The maximum atomic E-state index is 12.5. The molecule has 0 aromatic heterocycles. The quantitative estimate of drug-likeness (QED) is 0.822. The summed E-state index contributed by atoms with van der Waals surface area (Å²) in [4.78, 5) is 12.5. The van der Waals surface area contributed by atoms with Gasteiger partial charge in [0.2, 0.25) is 5.91 Å². The molecule has 2 N–H and O–H groups in total. The van der Waals surface area contributed by atoms with Gasteiger partial charge >= 0.3 is 0 Å². The number of aliphatic hydroxyl groups is 1. The van der Waals surface area contributed by atoms with Crippen LogP contribution in [0.2, 0.25) is 0 Å². The van der Waals surface area contributed by atoms with E-state index in [1.54, 1.807) is 0 Å². The normalized spacial score (nSPS) is 38.9. The predicted molar refractivity (Wildman–Crippen MR) is 76.0 cm³/mol. The molecule has 114 valence electrons. The summed E-state index contributed by atoms with van der Waals surface area (Å²) in [5.74, 6) is 2.23. The molecule has 0 aromatic carbocycles. The van der Waals surface area contributed by atoms with Crippen molar-refractivity contribution >= 4 is 5.91 Å². The third kappa shape index (κ3) is 2.60. The van der Waals surface area contributed by atoms with Gasteiger partial charge in [0.1, 0.15) is 0 Å². The largest absolute Gasteiger partial charge is 0.396 e. The zero-order valence-corrected chi connectivity index (χ0v) is 12.4. The molecule has 0 aromatic rings. The number of carbonyl (C=O) groups excluding carboxylic acids is 1. The van der Waals surface area contributed by atoms with Crippen molar-refractivity contribution in [1.82, 2.24) is 5.32 Å². The van der Waals surface area contributed by atoms with Crippen LogP contribution in [-0.4, -0.2) is 36.9 Å². The summed E-state index contributed by atoms with van der Waals surface area (Å²) in [7, 11) is 0. The number of hydrogen-bond donors (Lipinski definition) is 2. The molecule has 1 aliphatic heterocycles. The van der Waals surface area contributed by atoms with Gasteiger partial charge in [-0.1, -0.05) is 6.92 Å². The molecule has 4 nitrogen and oxygen atoms in total. The highest BCUT2D eigenvalue weighted by Gasteiger charge is 2.48. The number of carbonyl (C=O) groups is 1. The van der Waals surface area contributed by atoms with Crippen LogP contribution in [0.15, 0.2) is 0 Å². The highest BCUT2D eigenvalue weighted by Crippen LogP contribution is 2.48. The van der Waals surface area contributed by atoms with Crippen LogP contribution in [-0.2, 0) is 9.53 Å². The Bertz CT molecular complexity index is 354. The van der Waals surface area contributed by atoms with Crippen LogP contribution < -0.4 is 5.32 Å². The van der Waals surface area contributed by atoms with Crippen LogP contribution in [0, 0.1) is 29.6 Å². The summed E-state index contributed by atoms with van der Waals surface area (Å²) < 4.78 is 5.37. The lowest BCUT2D eigenvalue weighted by Crippen LogP contribution is -2.48. The average molecular weight is 281 g/mol. The zero-order chi connectivity index (χ0) is 14.1. The van der Waals surface area contributed by atoms with E-state index in [9.17, 15) is 9.90 Å². The molecule has 4 heteroatoms. The Hall–Kier alpha value is -0.610. The first kappa shape index (κ1) is 14.3. The average Bonchev–Trinajstić information content (AvgIpc) is 3.08. The molecule has 0 radical (unpaired) electrons. The van der Waals surface area contributed by atoms with Crippen molar-refractivity contribution in [1.29, 1.82) is 0 Å². The molecule has 1 heterocycles. The van der Waals surface area contributed by atoms with Gasteiger partial charge in [0.15, 0.2) is 0 Å². The highest BCUT2D eigenvalue weighted by molar-refractivity contribution is 5.79. The SMILES string of the molecule is CC(C(=O)NC1C2CCC(C2)C1CO)C1CCOCC1. The Morgan fingerprint density at radius 1 is 1.25 bits per heavy atom. The fourth-order valence-electron chi connectivity index (χ4n) is 4.62. The molecule has 1 saturated heterocycles. The monoisotopic (exact) mass is 281 g/mol. The molecule has 1 amide bonds. The van der Waals surface area contributed by atoms with E-state index in [2.05, 4.69) is 5.32 Å². The predicted octanol–water partition coefficient (Wildman–Crippen LogP) is 1.57. The minimum absolute atomic E-state index is 0.0670. The second-order valence-corrected chi connectivity index (χ2v) is 6.95. The number of fused-ring (bicyclic) bond motifs is 2. The number of ether oxygens (including phenoxy) is 1. The molecule has 5 unspecified atom stereocenters. The lowest BCUT2D eigenvalue weighted by molar-refractivity contribution is -0.128.